The molecule has 0 saturated carbocycles. The molecule has 1 heterocycles. The van der Waals surface area contributed by atoms with Crippen molar-refractivity contribution in [2.45, 2.75) is 13.0 Å². The SMILES string of the molecule is CC(O)c1ccccc1NC(=O)c1cc(Cl)ncc1Cl. The van der Waals surface area contributed by atoms with Crippen molar-refractivity contribution >= 4 is 34.8 Å². The fourth-order valence-electron chi connectivity index (χ4n) is 1.75. The van der Waals surface area contributed by atoms with Crippen LogP contribution in [0.15, 0.2) is 36.5 Å². The van der Waals surface area contributed by atoms with Crippen LogP contribution in [0.4, 0.5) is 5.69 Å². The van der Waals surface area contributed by atoms with Gasteiger partial charge in [0.05, 0.1) is 16.7 Å². The van der Waals surface area contributed by atoms with E-state index in [0.717, 1.165) is 0 Å². The van der Waals surface area contributed by atoms with Gasteiger partial charge in [0, 0.05) is 17.4 Å². The van der Waals surface area contributed by atoms with E-state index in [-0.39, 0.29) is 15.7 Å². The van der Waals surface area contributed by atoms with Crippen molar-refractivity contribution in [2.75, 3.05) is 5.32 Å². The van der Waals surface area contributed by atoms with Gasteiger partial charge in [0.1, 0.15) is 5.15 Å². The molecular weight excluding hydrogens is 299 g/mol. The lowest BCUT2D eigenvalue weighted by Crippen LogP contribution is -2.14. The van der Waals surface area contributed by atoms with Crippen molar-refractivity contribution in [1.82, 2.24) is 4.98 Å². The van der Waals surface area contributed by atoms with E-state index in [4.69, 9.17) is 23.2 Å². The summed E-state index contributed by atoms with van der Waals surface area (Å²) in [6.07, 6.45) is 0.627. The molecule has 2 N–H and O–H groups in total. The predicted octanol–water partition coefficient (Wildman–Crippen LogP) is 3.69. The minimum absolute atomic E-state index is 0.184. The maximum atomic E-state index is 12.2. The average Bonchev–Trinajstić information content (AvgIpc) is 2.41. The molecule has 0 fully saturated rings. The van der Waals surface area contributed by atoms with Crippen molar-refractivity contribution in [2.24, 2.45) is 0 Å². The molecule has 2 aromatic rings. The van der Waals surface area contributed by atoms with E-state index in [1.165, 1.54) is 12.3 Å². The highest BCUT2D eigenvalue weighted by Gasteiger charge is 2.14. The minimum atomic E-state index is -0.692. The van der Waals surface area contributed by atoms with Crippen molar-refractivity contribution < 1.29 is 9.90 Å². The van der Waals surface area contributed by atoms with Crippen LogP contribution in [-0.2, 0) is 0 Å². The number of aromatic nitrogens is 1. The van der Waals surface area contributed by atoms with Crippen LogP contribution in [0.25, 0.3) is 0 Å². The van der Waals surface area contributed by atoms with Crippen molar-refractivity contribution in [3.05, 3.63) is 57.8 Å². The van der Waals surface area contributed by atoms with E-state index < -0.39 is 12.0 Å². The number of nitrogens with zero attached hydrogens (tertiary/aromatic N) is 1. The predicted molar refractivity (Wildman–Crippen MR) is 79.3 cm³/mol. The van der Waals surface area contributed by atoms with Crippen LogP contribution in [0.5, 0.6) is 0 Å². The molecule has 1 aromatic carbocycles. The summed E-state index contributed by atoms with van der Waals surface area (Å²) in [4.78, 5) is 16.0. The first-order valence-corrected chi connectivity index (χ1v) is 6.64. The second kappa shape index (κ2) is 6.22. The van der Waals surface area contributed by atoms with Crippen molar-refractivity contribution in [1.29, 1.82) is 0 Å². The molecule has 1 aromatic heterocycles. The van der Waals surface area contributed by atoms with Gasteiger partial charge in [0.15, 0.2) is 0 Å². The number of rotatable bonds is 3. The number of carbonyl (C=O) groups excluding carboxylic acids is 1. The van der Waals surface area contributed by atoms with Crippen molar-refractivity contribution in [3.63, 3.8) is 0 Å². The van der Waals surface area contributed by atoms with Gasteiger partial charge in [0.25, 0.3) is 5.91 Å². The summed E-state index contributed by atoms with van der Waals surface area (Å²) in [5, 5.41) is 12.8. The average molecular weight is 311 g/mol. The van der Waals surface area contributed by atoms with Gasteiger partial charge in [-0.15, -0.1) is 0 Å². The number of hydrogen-bond donors (Lipinski definition) is 2. The third kappa shape index (κ3) is 3.28. The van der Waals surface area contributed by atoms with E-state index in [1.54, 1.807) is 31.2 Å². The second-order valence-electron chi connectivity index (χ2n) is 4.20. The molecular formula is C14H12Cl2N2O2. The third-order valence-electron chi connectivity index (χ3n) is 2.73. The Morgan fingerprint density at radius 1 is 1.35 bits per heavy atom. The monoisotopic (exact) mass is 310 g/mol. The maximum Gasteiger partial charge on any atom is 0.257 e. The quantitative estimate of drug-likeness (QED) is 0.850. The van der Waals surface area contributed by atoms with Gasteiger partial charge in [-0.1, -0.05) is 41.4 Å². The summed E-state index contributed by atoms with van der Waals surface area (Å²) in [6, 6.07) is 8.39. The standard InChI is InChI=1S/C14H12Cl2N2O2/c1-8(19)9-4-2-3-5-12(9)18-14(20)10-6-13(16)17-7-11(10)15/h2-8,19H,1H3,(H,18,20). The molecule has 0 bridgehead atoms. The number of pyridine rings is 1. The number of carbonyl (C=O) groups is 1. The highest BCUT2D eigenvalue weighted by Crippen LogP contribution is 2.24. The molecule has 20 heavy (non-hydrogen) atoms. The van der Waals surface area contributed by atoms with E-state index in [0.29, 0.717) is 11.3 Å². The van der Waals surface area contributed by atoms with Crippen LogP contribution in [-0.4, -0.2) is 16.0 Å². The largest absolute Gasteiger partial charge is 0.389 e. The Hall–Kier alpha value is -1.62. The summed E-state index contributed by atoms with van der Waals surface area (Å²) in [7, 11) is 0. The molecule has 0 aliphatic carbocycles. The molecule has 1 atom stereocenters. The molecule has 6 heteroatoms. The maximum absolute atomic E-state index is 12.2. The molecule has 1 unspecified atom stereocenters. The Kier molecular flexibility index (Phi) is 4.60. The van der Waals surface area contributed by atoms with E-state index >= 15 is 0 Å². The molecule has 0 aliphatic rings. The first-order valence-electron chi connectivity index (χ1n) is 5.88. The normalized spacial score (nSPS) is 12.0. The highest BCUT2D eigenvalue weighted by atomic mass is 35.5. The number of benzene rings is 1. The topological polar surface area (TPSA) is 62.2 Å². The van der Waals surface area contributed by atoms with E-state index in [1.807, 2.05) is 0 Å². The molecule has 2 rings (SSSR count). The number of nitrogens with one attached hydrogen (secondary N) is 1. The summed E-state index contributed by atoms with van der Waals surface area (Å²) in [5.74, 6) is -0.410. The molecule has 0 aliphatic heterocycles. The van der Waals surface area contributed by atoms with Crippen LogP contribution < -0.4 is 5.32 Å². The summed E-state index contributed by atoms with van der Waals surface area (Å²) in [5.41, 5.74) is 1.38. The van der Waals surface area contributed by atoms with Crippen LogP contribution in [0, 0.1) is 0 Å². The minimum Gasteiger partial charge on any atom is -0.389 e. The molecule has 0 spiro atoms. The van der Waals surface area contributed by atoms with E-state index in [2.05, 4.69) is 10.3 Å². The zero-order valence-electron chi connectivity index (χ0n) is 10.6. The Morgan fingerprint density at radius 3 is 2.75 bits per heavy atom. The van der Waals surface area contributed by atoms with Crippen molar-refractivity contribution in [3.8, 4) is 0 Å². The number of anilines is 1. The Bertz CT molecular complexity index is 645. The third-order valence-corrected chi connectivity index (χ3v) is 3.23. The van der Waals surface area contributed by atoms with Crippen LogP contribution in [0.1, 0.15) is 28.9 Å². The smallest absolute Gasteiger partial charge is 0.257 e. The van der Waals surface area contributed by atoms with Gasteiger partial charge in [-0.05, 0) is 19.1 Å². The zero-order chi connectivity index (χ0) is 14.7. The molecule has 0 radical (unpaired) electrons. The van der Waals surface area contributed by atoms with Gasteiger partial charge in [0.2, 0.25) is 0 Å². The first kappa shape index (κ1) is 14.8. The van der Waals surface area contributed by atoms with E-state index in [9.17, 15) is 9.90 Å². The van der Waals surface area contributed by atoms with Crippen LogP contribution in [0.2, 0.25) is 10.2 Å². The fraction of sp³-hybridized carbons (Fsp3) is 0.143. The molecule has 1 amide bonds. The first-order chi connectivity index (χ1) is 9.49. The van der Waals surface area contributed by atoms with Crippen LogP contribution >= 0.6 is 23.2 Å². The Morgan fingerprint density at radius 2 is 2.05 bits per heavy atom. The summed E-state index contributed by atoms with van der Waals surface area (Å²) >= 11 is 11.7. The van der Waals surface area contributed by atoms with Gasteiger partial charge in [-0.2, -0.15) is 0 Å². The van der Waals surface area contributed by atoms with Gasteiger partial charge in [-0.3, -0.25) is 4.79 Å². The van der Waals surface area contributed by atoms with Gasteiger partial charge < -0.3 is 10.4 Å². The zero-order valence-corrected chi connectivity index (χ0v) is 12.1. The number of halogens is 2. The molecule has 0 saturated heterocycles. The number of para-hydroxylation sites is 1. The molecule has 4 nitrogen and oxygen atoms in total. The number of hydrogen-bond acceptors (Lipinski definition) is 3. The Balaban J connectivity index is 2.31. The number of amides is 1. The lowest BCUT2D eigenvalue weighted by Gasteiger charge is -2.13. The molecule has 104 valence electrons. The fourth-order valence-corrected chi connectivity index (χ4v) is 2.10. The lowest BCUT2D eigenvalue weighted by atomic mass is 10.1. The van der Waals surface area contributed by atoms with Crippen LogP contribution in [0.3, 0.4) is 0 Å². The van der Waals surface area contributed by atoms with Gasteiger partial charge in [-0.25, -0.2) is 4.98 Å². The lowest BCUT2D eigenvalue weighted by molar-refractivity contribution is 0.102. The van der Waals surface area contributed by atoms with Gasteiger partial charge >= 0.3 is 0 Å². The number of aliphatic hydroxyl groups excluding tert-OH is 1. The number of aliphatic hydroxyl groups is 1. The highest BCUT2D eigenvalue weighted by molar-refractivity contribution is 6.35. The second-order valence-corrected chi connectivity index (χ2v) is 5.00. The summed E-state index contributed by atoms with van der Waals surface area (Å²) in [6.45, 7) is 1.63. The summed E-state index contributed by atoms with van der Waals surface area (Å²) < 4.78 is 0. The Labute approximate surface area is 126 Å².